The molecule has 0 aliphatic rings. The number of H-pyrrole nitrogens is 1. The highest BCUT2D eigenvalue weighted by molar-refractivity contribution is 5.85. The van der Waals surface area contributed by atoms with Crippen molar-refractivity contribution in [2.75, 3.05) is 7.11 Å². The maximum Gasteiger partial charge on any atom is 0.320 e. The minimum absolute atomic E-state index is 0.294. The summed E-state index contributed by atoms with van der Waals surface area (Å²) in [5, 5.41) is 9.74. The molecule has 0 fully saturated rings. The lowest BCUT2D eigenvalue weighted by atomic mass is 10.1. The summed E-state index contributed by atoms with van der Waals surface area (Å²) in [4.78, 5) is 13.8. The summed E-state index contributed by atoms with van der Waals surface area (Å²) in [5.41, 5.74) is 7.35. The number of aliphatic carboxylic acids is 1. The SMILES string of the molecule is COc1ccc2[nH]cc(C[C@@H](N)C(=O)O)c2c1. The fourth-order valence-electron chi connectivity index (χ4n) is 1.78. The lowest BCUT2D eigenvalue weighted by Crippen LogP contribution is -2.32. The van der Waals surface area contributed by atoms with Crippen LogP contribution in [0, 0.1) is 0 Å². The molecule has 0 radical (unpaired) electrons. The number of hydrogen-bond donors (Lipinski definition) is 3. The average Bonchev–Trinajstić information content (AvgIpc) is 2.71. The van der Waals surface area contributed by atoms with Crippen molar-refractivity contribution in [1.29, 1.82) is 0 Å². The number of methoxy groups -OCH3 is 1. The van der Waals surface area contributed by atoms with E-state index in [0.717, 1.165) is 22.2 Å². The monoisotopic (exact) mass is 234 g/mol. The number of benzene rings is 1. The van der Waals surface area contributed by atoms with Gasteiger partial charge in [0.15, 0.2) is 0 Å². The van der Waals surface area contributed by atoms with Crippen LogP contribution >= 0.6 is 0 Å². The quantitative estimate of drug-likeness (QED) is 0.740. The Bertz CT molecular complexity index is 548. The Morgan fingerprint density at radius 2 is 2.35 bits per heavy atom. The molecule has 0 bridgehead atoms. The molecule has 5 nitrogen and oxygen atoms in total. The maximum atomic E-state index is 10.7. The molecule has 0 saturated carbocycles. The third-order valence-corrected chi connectivity index (χ3v) is 2.73. The van der Waals surface area contributed by atoms with Gasteiger partial charge in [-0.15, -0.1) is 0 Å². The molecule has 17 heavy (non-hydrogen) atoms. The van der Waals surface area contributed by atoms with Crippen LogP contribution in [-0.4, -0.2) is 29.2 Å². The number of carboxylic acids is 1. The minimum Gasteiger partial charge on any atom is -0.497 e. The van der Waals surface area contributed by atoms with Gasteiger partial charge in [0.2, 0.25) is 0 Å². The van der Waals surface area contributed by atoms with E-state index < -0.39 is 12.0 Å². The van der Waals surface area contributed by atoms with Crippen LogP contribution in [0.3, 0.4) is 0 Å². The molecule has 1 aromatic heterocycles. The fraction of sp³-hybridized carbons (Fsp3) is 0.250. The van der Waals surface area contributed by atoms with Crippen LogP contribution in [0.2, 0.25) is 0 Å². The highest BCUT2D eigenvalue weighted by atomic mass is 16.5. The van der Waals surface area contributed by atoms with E-state index in [1.54, 1.807) is 13.3 Å². The number of hydrogen-bond acceptors (Lipinski definition) is 3. The van der Waals surface area contributed by atoms with Gasteiger partial charge in [0, 0.05) is 23.5 Å². The Morgan fingerprint density at radius 1 is 1.59 bits per heavy atom. The highest BCUT2D eigenvalue weighted by Gasteiger charge is 2.15. The summed E-state index contributed by atoms with van der Waals surface area (Å²) in [5.74, 6) is -0.260. The highest BCUT2D eigenvalue weighted by Crippen LogP contribution is 2.24. The van der Waals surface area contributed by atoms with Crippen molar-refractivity contribution in [3.63, 3.8) is 0 Å². The molecular weight excluding hydrogens is 220 g/mol. The number of aromatic nitrogens is 1. The van der Waals surface area contributed by atoms with E-state index in [9.17, 15) is 4.79 Å². The lowest BCUT2D eigenvalue weighted by molar-refractivity contribution is -0.138. The van der Waals surface area contributed by atoms with Gasteiger partial charge in [0.05, 0.1) is 7.11 Å². The molecule has 5 heteroatoms. The van der Waals surface area contributed by atoms with Crippen LogP contribution in [0.5, 0.6) is 5.75 Å². The van der Waals surface area contributed by atoms with E-state index in [-0.39, 0.29) is 0 Å². The van der Waals surface area contributed by atoms with E-state index in [2.05, 4.69) is 4.98 Å². The fourth-order valence-corrected chi connectivity index (χ4v) is 1.78. The number of nitrogens with one attached hydrogen (secondary N) is 1. The van der Waals surface area contributed by atoms with Gasteiger partial charge in [-0.05, 0) is 23.8 Å². The molecule has 4 N–H and O–H groups in total. The Morgan fingerprint density at radius 3 is 3.00 bits per heavy atom. The number of fused-ring (bicyclic) bond motifs is 1. The predicted molar refractivity (Wildman–Crippen MR) is 64.2 cm³/mol. The molecule has 2 aromatic rings. The van der Waals surface area contributed by atoms with Gasteiger partial charge in [0.1, 0.15) is 11.8 Å². The molecule has 0 amide bonds. The molecule has 1 heterocycles. The zero-order valence-electron chi connectivity index (χ0n) is 9.43. The predicted octanol–water partition coefficient (Wildman–Crippen LogP) is 1.13. The van der Waals surface area contributed by atoms with E-state index in [1.165, 1.54) is 0 Å². The van der Waals surface area contributed by atoms with Gasteiger partial charge in [0.25, 0.3) is 0 Å². The van der Waals surface area contributed by atoms with Crippen LogP contribution in [0.15, 0.2) is 24.4 Å². The van der Waals surface area contributed by atoms with Crippen LogP contribution in [0.1, 0.15) is 5.56 Å². The second-order valence-corrected chi connectivity index (χ2v) is 3.87. The molecule has 1 aromatic carbocycles. The Balaban J connectivity index is 2.37. The van der Waals surface area contributed by atoms with E-state index >= 15 is 0 Å². The summed E-state index contributed by atoms with van der Waals surface area (Å²) in [6.45, 7) is 0. The first-order chi connectivity index (χ1) is 8.11. The molecule has 2 rings (SSSR count). The molecule has 0 unspecified atom stereocenters. The van der Waals surface area contributed by atoms with Crippen molar-refractivity contribution < 1.29 is 14.6 Å². The Hall–Kier alpha value is -2.01. The molecule has 0 spiro atoms. The van der Waals surface area contributed by atoms with Crippen molar-refractivity contribution in [3.05, 3.63) is 30.0 Å². The van der Waals surface area contributed by atoms with Gasteiger partial charge < -0.3 is 20.6 Å². The van der Waals surface area contributed by atoms with E-state index in [0.29, 0.717) is 6.42 Å². The molecule has 1 atom stereocenters. The Kier molecular flexibility index (Phi) is 3.01. The summed E-state index contributed by atoms with van der Waals surface area (Å²) < 4.78 is 5.14. The third-order valence-electron chi connectivity index (χ3n) is 2.73. The van der Waals surface area contributed by atoms with Crippen molar-refractivity contribution in [3.8, 4) is 5.75 Å². The number of rotatable bonds is 4. The van der Waals surface area contributed by atoms with Crippen molar-refractivity contribution in [2.24, 2.45) is 5.73 Å². The first kappa shape index (κ1) is 11.5. The third kappa shape index (κ3) is 2.24. The first-order valence-electron chi connectivity index (χ1n) is 5.24. The van der Waals surface area contributed by atoms with Crippen LogP contribution in [0.4, 0.5) is 0 Å². The maximum absolute atomic E-state index is 10.7. The van der Waals surface area contributed by atoms with Gasteiger partial charge in [-0.25, -0.2) is 0 Å². The number of ether oxygens (including phenoxy) is 1. The molecule has 0 aliphatic heterocycles. The van der Waals surface area contributed by atoms with Gasteiger partial charge in [-0.3, -0.25) is 4.79 Å². The van der Waals surface area contributed by atoms with E-state index in [4.69, 9.17) is 15.6 Å². The minimum atomic E-state index is -0.998. The molecule has 0 aliphatic carbocycles. The zero-order valence-corrected chi connectivity index (χ0v) is 9.43. The van der Waals surface area contributed by atoms with E-state index in [1.807, 2.05) is 18.2 Å². The summed E-state index contributed by atoms with van der Waals surface area (Å²) in [6, 6.07) is 4.72. The summed E-state index contributed by atoms with van der Waals surface area (Å²) in [7, 11) is 1.59. The lowest BCUT2D eigenvalue weighted by Gasteiger charge is -2.05. The van der Waals surface area contributed by atoms with Crippen molar-refractivity contribution >= 4 is 16.9 Å². The first-order valence-corrected chi connectivity index (χ1v) is 5.24. The van der Waals surface area contributed by atoms with Crippen molar-refractivity contribution in [2.45, 2.75) is 12.5 Å². The summed E-state index contributed by atoms with van der Waals surface area (Å²) >= 11 is 0. The number of nitrogens with two attached hydrogens (primary N) is 1. The zero-order chi connectivity index (χ0) is 12.4. The number of carboxylic acid groups (broad SMARTS) is 1. The molecular formula is C12H14N2O3. The second kappa shape index (κ2) is 4.47. The number of carbonyl (C=O) groups is 1. The number of aromatic amines is 1. The van der Waals surface area contributed by atoms with Gasteiger partial charge >= 0.3 is 5.97 Å². The molecule has 90 valence electrons. The summed E-state index contributed by atoms with van der Waals surface area (Å²) in [6.07, 6.45) is 2.08. The van der Waals surface area contributed by atoms with Crippen molar-refractivity contribution in [1.82, 2.24) is 4.98 Å². The molecule has 0 saturated heterocycles. The van der Waals surface area contributed by atoms with Gasteiger partial charge in [-0.2, -0.15) is 0 Å². The van der Waals surface area contributed by atoms with Gasteiger partial charge in [-0.1, -0.05) is 0 Å². The second-order valence-electron chi connectivity index (χ2n) is 3.87. The average molecular weight is 234 g/mol. The Labute approximate surface area is 98.2 Å². The smallest absolute Gasteiger partial charge is 0.320 e. The normalized spacial score (nSPS) is 12.6. The largest absolute Gasteiger partial charge is 0.497 e. The van der Waals surface area contributed by atoms with Crippen LogP contribution < -0.4 is 10.5 Å². The van der Waals surface area contributed by atoms with Crippen LogP contribution in [0.25, 0.3) is 10.9 Å². The van der Waals surface area contributed by atoms with Crippen LogP contribution in [-0.2, 0) is 11.2 Å². The topological polar surface area (TPSA) is 88.3 Å². The standard InChI is InChI=1S/C12H14N2O3/c1-17-8-2-3-11-9(5-8)7(6-14-11)4-10(13)12(15)16/h2-3,5-6,10,14H,4,13H2,1H3,(H,15,16)/t10-/m1/s1.